The molecule has 1 aliphatic rings. The van der Waals surface area contributed by atoms with Gasteiger partial charge in [0.05, 0.1) is 11.8 Å². The van der Waals surface area contributed by atoms with Crippen LogP contribution in [0, 0.1) is 11.3 Å². The number of para-hydroxylation sites is 2. The van der Waals surface area contributed by atoms with Crippen molar-refractivity contribution in [2.75, 3.05) is 0 Å². The van der Waals surface area contributed by atoms with Gasteiger partial charge in [-0.2, -0.15) is 10.4 Å². The first-order valence-corrected chi connectivity index (χ1v) is 11.1. The van der Waals surface area contributed by atoms with Gasteiger partial charge in [0.25, 0.3) is 5.91 Å². The lowest BCUT2D eigenvalue weighted by molar-refractivity contribution is -0.133. The largest absolute Gasteiger partial charge is 0.467 e. The van der Waals surface area contributed by atoms with Gasteiger partial charge in [0.1, 0.15) is 41.3 Å². The Kier molecular flexibility index (Phi) is 4.82. The van der Waals surface area contributed by atoms with Crippen LogP contribution in [-0.4, -0.2) is 21.2 Å². The third-order valence-corrected chi connectivity index (χ3v) is 6.16. The number of benzene rings is 2. The van der Waals surface area contributed by atoms with E-state index in [2.05, 4.69) is 5.10 Å². The second-order valence-corrected chi connectivity index (χ2v) is 8.30. The number of carbonyl (C=O) groups is 1. The second-order valence-electron chi connectivity index (χ2n) is 8.30. The lowest BCUT2D eigenvalue weighted by Gasteiger charge is -2.21. The molecule has 1 aliphatic heterocycles. The fourth-order valence-electron chi connectivity index (χ4n) is 4.49. The van der Waals surface area contributed by atoms with Gasteiger partial charge in [-0.25, -0.2) is 5.01 Å². The van der Waals surface area contributed by atoms with Crippen molar-refractivity contribution >= 4 is 33.5 Å². The summed E-state index contributed by atoms with van der Waals surface area (Å²) in [6.45, 7) is -0.108. The van der Waals surface area contributed by atoms with Gasteiger partial charge in [-0.3, -0.25) is 9.59 Å². The van der Waals surface area contributed by atoms with Crippen LogP contribution in [0.1, 0.15) is 29.5 Å². The van der Waals surface area contributed by atoms with E-state index >= 15 is 0 Å². The molecule has 170 valence electrons. The molecule has 0 spiro atoms. The second kappa shape index (κ2) is 8.15. The molecule has 35 heavy (non-hydrogen) atoms. The molecule has 3 aromatic heterocycles. The Morgan fingerprint density at radius 2 is 1.94 bits per heavy atom. The number of nitrogens with zero attached hydrogens (tertiary/aromatic N) is 4. The first-order valence-electron chi connectivity index (χ1n) is 11.1. The highest BCUT2D eigenvalue weighted by atomic mass is 16.3. The summed E-state index contributed by atoms with van der Waals surface area (Å²) < 4.78 is 13.2. The molecule has 1 unspecified atom stereocenters. The lowest BCUT2D eigenvalue weighted by atomic mass is 10.1. The predicted octanol–water partition coefficient (Wildman–Crippen LogP) is 4.59. The van der Waals surface area contributed by atoms with E-state index in [0.29, 0.717) is 34.6 Å². The van der Waals surface area contributed by atoms with Crippen LogP contribution in [0.25, 0.3) is 21.9 Å². The molecule has 2 aromatic carbocycles. The van der Waals surface area contributed by atoms with Gasteiger partial charge in [-0.1, -0.05) is 30.3 Å². The van der Waals surface area contributed by atoms with Gasteiger partial charge in [-0.05, 0) is 36.4 Å². The van der Waals surface area contributed by atoms with Gasteiger partial charge >= 0.3 is 0 Å². The van der Waals surface area contributed by atoms with Crippen molar-refractivity contribution in [1.29, 1.82) is 5.26 Å². The summed E-state index contributed by atoms with van der Waals surface area (Å²) in [5.41, 5.74) is 1.57. The van der Waals surface area contributed by atoms with Crippen LogP contribution in [0.15, 0.2) is 97.9 Å². The minimum Gasteiger partial charge on any atom is -0.467 e. The SMILES string of the molecule is N#Cc1cn(CC(=O)N2N=C(c3cc4ccccc4o3)CC2c2ccco2)c2ccccc2c1=O. The van der Waals surface area contributed by atoms with Gasteiger partial charge < -0.3 is 13.4 Å². The number of aromatic nitrogens is 1. The zero-order chi connectivity index (χ0) is 23.9. The number of carbonyl (C=O) groups excluding carboxylic acids is 1. The maximum Gasteiger partial charge on any atom is 0.263 e. The molecular formula is C27H18N4O4. The molecule has 4 heterocycles. The fourth-order valence-corrected chi connectivity index (χ4v) is 4.49. The van der Waals surface area contributed by atoms with Crippen molar-refractivity contribution in [3.8, 4) is 6.07 Å². The molecule has 8 nitrogen and oxygen atoms in total. The quantitative estimate of drug-likeness (QED) is 0.388. The Labute approximate surface area is 198 Å². The molecule has 6 rings (SSSR count). The summed E-state index contributed by atoms with van der Waals surface area (Å²) in [7, 11) is 0. The van der Waals surface area contributed by atoms with E-state index < -0.39 is 6.04 Å². The highest BCUT2D eigenvalue weighted by Gasteiger charge is 2.36. The zero-order valence-electron chi connectivity index (χ0n) is 18.4. The maximum atomic E-state index is 13.6. The molecule has 0 saturated heterocycles. The van der Waals surface area contributed by atoms with Crippen LogP contribution in [0.3, 0.4) is 0 Å². The molecule has 1 atom stereocenters. The van der Waals surface area contributed by atoms with Gasteiger partial charge in [-0.15, -0.1) is 0 Å². The normalized spacial score (nSPS) is 15.5. The van der Waals surface area contributed by atoms with E-state index in [1.54, 1.807) is 41.2 Å². The summed E-state index contributed by atoms with van der Waals surface area (Å²) in [6, 6.07) is 21.6. The standard InChI is InChI=1S/C27H18N4O4/c28-14-18-15-30(21-8-3-2-7-19(21)27(18)33)16-26(32)31-22(24-10-5-11-34-24)13-20(29-31)25-12-17-6-1-4-9-23(17)35-25/h1-12,15,22H,13,16H2. The minimum absolute atomic E-state index is 0.0213. The summed E-state index contributed by atoms with van der Waals surface area (Å²) >= 11 is 0. The molecule has 0 radical (unpaired) electrons. The Hall–Kier alpha value is -4.90. The zero-order valence-corrected chi connectivity index (χ0v) is 18.4. The topological polar surface area (TPSA) is 105 Å². The Balaban J connectivity index is 1.40. The van der Waals surface area contributed by atoms with E-state index in [0.717, 1.165) is 11.0 Å². The summed E-state index contributed by atoms with van der Waals surface area (Å²) in [4.78, 5) is 26.1. The highest BCUT2D eigenvalue weighted by Crippen LogP contribution is 2.34. The predicted molar refractivity (Wildman–Crippen MR) is 129 cm³/mol. The number of hydrazone groups is 1. The molecule has 8 heteroatoms. The lowest BCUT2D eigenvalue weighted by Crippen LogP contribution is -2.31. The number of pyridine rings is 1. The van der Waals surface area contributed by atoms with Crippen molar-refractivity contribution in [2.24, 2.45) is 5.10 Å². The molecule has 0 saturated carbocycles. The smallest absolute Gasteiger partial charge is 0.263 e. The van der Waals surface area contributed by atoms with Gasteiger partial charge in [0, 0.05) is 23.4 Å². The van der Waals surface area contributed by atoms with E-state index in [1.807, 2.05) is 42.5 Å². The minimum atomic E-state index is -0.443. The van der Waals surface area contributed by atoms with Crippen molar-refractivity contribution in [1.82, 2.24) is 9.58 Å². The Morgan fingerprint density at radius 1 is 1.11 bits per heavy atom. The van der Waals surface area contributed by atoms with Crippen LogP contribution in [0.2, 0.25) is 0 Å². The monoisotopic (exact) mass is 462 g/mol. The number of hydrogen-bond donors (Lipinski definition) is 0. The summed E-state index contributed by atoms with van der Waals surface area (Å²) in [6.07, 6.45) is 3.41. The number of furan rings is 2. The molecule has 5 aromatic rings. The average molecular weight is 462 g/mol. The molecular weight excluding hydrogens is 444 g/mol. The van der Waals surface area contributed by atoms with Gasteiger partial charge in [0.2, 0.25) is 5.43 Å². The first kappa shape index (κ1) is 20.7. The van der Waals surface area contributed by atoms with E-state index in [9.17, 15) is 14.9 Å². The van der Waals surface area contributed by atoms with E-state index in [1.165, 1.54) is 11.2 Å². The third-order valence-electron chi connectivity index (χ3n) is 6.16. The summed E-state index contributed by atoms with van der Waals surface area (Å²) in [5.74, 6) is 0.893. The van der Waals surface area contributed by atoms with Crippen molar-refractivity contribution in [3.05, 3.63) is 106 Å². The number of hydrogen-bond acceptors (Lipinski definition) is 6. The molecule has 0 fully saturated rings. The third kappa shape index (κ3) is 3.50. The average Bonchev–Trinajstić information content (AvgIpc) is 3.64. The van der Waals surface area contributed by atoms with Crippen molar-refractivity contribution < 1.29 is 13.6 Å². The highest BCUT2D eigenvalue weighted by molar-refractivity contribution is 6.03. The number of fused-ring (bicyclic) bond motifs is 2. The van der Waals surface area contributed by atoms with Crippen LogP contribution in [0.4, 0.5) is 0 Å². The number of amides is 1. The molecule has 0 bridgehead atoms. The fraction of sp³-hybridized carbons (Fsp3) is 0.111. The Bertz CT molecular complexity index is 1690. The van der Waals surface area contributed by atoms with Crippen molar-refractivity contribution in [2.45, 2.75) is 19.0 Å². The van der Waals surface area contributed by atoms with Crippen LogP contribution in [0.5, 0.6) is 0 Å². The summed E-state index contributed by atoms with van der Waals surface area (Å²) in [5, 5.41) is 16.8. The Morgan fingerprint density at radius 3 is 2.74 bits per heavy atom. The van der Waals surface area contributed by atoms with Gasteiger partial charge in [0.15, 0.2) is 5.76 Å². The maximum absolute atomic E-state index is 13.6. The molecule has 0 aliphatic carbocycles. The molecule has 0 N–H and O–H groups in total. The number of rotatable bonds is 4. The van der Waals surface area contributed by atoms with E-state index in [4.69, 9.17) is 8.83 Å². The van der Waals surface area contributed by atoms with Crippen molar-refractivity contribution in [3.63, 3.8) is 0 Å². The number of nitriles is 1. The first-order chi connectivity index (χ1) is 17.1. The van der Waals surface area contributed by atoms with Crippen LogP contribution >= 0.6 is 0 Å². The van der Waals surface area contributed by atoms with E-state index in [-0.39, 0.29) is 23.4 Å². The van der Waals surface area contributed by atoms with Crippen LogP contribution < -0.4 is 5.43 Å². The molecule has 1 amide bonds. The van der Waals surface area contributed by atoms with Crippen LogP contribution in [-0.2, 0) is 11.3 Å².